The monoisotopic (exact) mass is 234 g/mol. The first-order valence-electron chi connectivity index (χ1n) is 4.07. The summed E-state index contributed by atoms with van der Waals surface area (Å²) in [6.45, 7) is 1.78. The minimum Gasteiger partial charge on any atom is -0.449 e. The van der Waals surface area contributed by atoms with Crippen LogP contribution in [0.1, 0.15) is 0 Å². The predicted octanol–water partition coefficient (Wildman–Crippen LogP) is 0.732. The zero-order valence-electron chi connectivity index (χ0n) is 8.78. The van der Waals surface area contributed by atoms with Crippen molar-refractivity contribution in [3.8, 4) is 0 Å². The van der Waals surface area contributed by atoms with Gasteiger partial charge in [-0.1, -0.05) is 32.0 Å². The third-order valence-electron chi connectivity index (χ3n) is 1.30. The minimum atomic E-state index is -4.62. The van der Waals surface area contributed by atoms with Gasteiger partial charge in [-0.05, 0) is 6.04 Å². The molecule has 6 heteroatoms. The van der Waals surface area contributed by atoms with Crippen molar-refractivity contribution in [3.63, 3.8) is 0 Å². The second-order valence-electron chi connectivity index (χ2n) is 4.18. The van der Waals surface area contributed by atoms with Gasteiger partial charge in [0.05, 0.1) is 0 Å². The molecule has 0 aromatic rings. The van der Waals surface area contributed by atoms with Crippen molar-refractivity contribution in [1.82, 2.24) is 0 Å². The largest absolute Gasteiger partial charge is 1.00 e. The summed E-state index contributed by atoms with van der Waals surface area (Å²) in [5, 5.41) is 0. The molecule has 0 fully saturated rings. The standard InChI is InChI=1S/C7H15BF3Si.K/c1-12(2,3)7-5-4-6-8(9,10)11;/h4-5H,6-7H2,1-3H3;/q-1;+1/b5-4+;. The summed E-state index contributed by atoms with van der Waals surface area (Å²) in [6, 6.07) is 0.832. The number of allylic oxidation sites excluding steroid dienone is 2. The van der Waals surface area contributed by atoms with Crippen LogP contribution in [0, 0.1) is 0 Å². The SMILES string of the molecule is C[Si](C)(C)C/C=C/C[B-](F)(F)F.[K+]. The molecule has 0 aliphatic rings. The number of rotatable bonds is 4. The van der Waals surface area contributed by atoms with Gasteiger partial charge in [0.2, 0.25) is 0 Å². The second kappa shape index (κ2) is 6.85. The molecular formula is C7H15BF3KSi. The van der Waals surface area contributed by atoms with Gasteiger partial charge >= 0.3 is 58.4 Å². The summed E-state index contributed by atoms with van der Waals surface area (Å²) in [5.74, 6) is 0. The summed E-state index contributed by atoms with van der Waals surface area (Å²) in [6.07, 6.45) is 2.18. The average molecular weight is 234 g/mol. The molecule has 0 spiro atoms. The van der Waals surface area contributed by atoms with Crippen molar-refractivity contribution in [2.45, 2.75) is 32.0 Å². The molecule has 0 saturated heterocycles. The Hall–Kier alpha value is 1.45. The third kappa shape index (κ3) is 16.1. The van der Waals surface area contributed by atoms with Crippen LogP contribution < -0.4 is 51.4 Å². The van der Waals surface area contributed by atoms with Crippen molar-refractivity contribution in [2.75, 3.05) is 0 Å². The van der Waals surface area contributed by atoms with E-state index in [1.54, 1.807) is 6.08 Å². The van der Waals surface area contributed by atoms with Crippen molar-refractivity contribution < 1.29 is 64.3 Å². The van der Waals surface area contributed by atoms with Crippen LogP contribution in [0.25, 0.3) is 0 Å². The van der Waals surface area contributed by atoms with Gasteiger partial charge in [-0.3, -0.25) is 0 Å². The summed E-state index contributed by atoms with van der Waals surface area (Å²) in [5.41, 5.74) is 0. The van der Waals surface area contributed by atoms with E-state index in [0.29, 0.717) is 0 Å². The average Bonchev–Trinajstić information content (AvgIpc) is 1.76. The fourth-order valence-corrected chi connectivity index (χ4v) is 1.56. The van der Waals surface area contributed by atoms with Gasteiger partial charge in [0.15, 0.2) is 0 Å². The van der Waals surface area contributed by atoms with Crippen LogP contribution in [0.4, 0.5) is 12.9 Å². The normalized spacial score (nSPS) is 13.1. The summed E-state index contributed by atoms with van der Waals surface area (Å²) in [4.78, 5) is 0. The zero-order chi connectivity index (χ0) is 9.83. The van der Waals surface area contributed by atoms with E-state index < -0.39 is 21.4 Å². The van der Waals surface area contributed by atoms with Crippen LogP contribution in [-0.2, 0) is 0 Å². The Labute approximate surface area is 122 Å². The van der Waals surface area contributed by atoms with Gasteiger partial charge in [-0.25, -0.2) is 0 Å². The van der Waals surface area contributed by atoms with Gasteiger partial charge in [0.25, 0.3) is 0 Å². The molecule has 0 aliphatic carbocycles. The van der Waals surface area contributed by atoms with E-state index in [9.17, 15) is 12.9 Å². The van der Waals surface area contributed by atoms with Crippen molar-refractivity contribution >= 4 is 15.1 Å². The molecule has 0 aromatic carbocycles. The van der Waals surface area contributed by atoms with Crippen molar-refractivity contribution in [2.24, 2.45) is 0 Å². The quantitative estimate of drug-likeness (QED) is 0.497. The van der Waals surface area contributed by atoms with Crippen LogP contribution in [0.5, 0.6) is 0 Å². The Morgan fingerprint density at radius 2 is 1.54 bits per heavy atom. The maximum absolute atomic E-state index is 11.7. The van der Waals surface area contributed by atoms with Crippen LogP contribution in [0.3, 0.4) is 0 Å². The molecule has 13 heavy (non-hydrogen) atoms. The van der Waals surface area contributed by atoms with E-state index >= 15 is 0 Å². The van der Waals surface area contributed by atoms with E-state index in [4.69, 9.17) is 0 Å². The van der Waals surface area contributed by atoms with Crippen LogP contribution >= 0.6 is 0 Å². The van der Waals surface area contributed by atoms with E-state index in [-0.39, 0.29) is 51.4 Å². The molecule has 0 saturated carbocycles. The first-order valence-corrected chi connectivity index (χ1v) is 7.77. The van der Waals surface area contributed by atoms with Gasteiger partial charge in [0, 0.05) is 8.07 Å². The Bertz CT molecular complexity index is 144. The fourth-order valence-electron chi connectivity index (χ4n) is 0.687. The Kier molecular flexibility index (Phi) is 8.88. The molecule has 0 nitrogen and oxygen atoms in total. The molecule has 0 bridgehead atoms. The first kappa shape index (κ1) is 16.9. The molecule has 0 radical (unpaired) electrons. The van der Waals surface area contributed by atoms with Crippen LogP contribution in [-0.4, -0.2) is 15.1 Å². The van der Waals surface area contributed by atoms with E-state index in [2.05, 4.69) is 19.6 Å². The molecule has 0 aliphatic heterocycles. The van der Waals surface area contributed by atoms with Gasteiger partial charge in [-0.15, -0.1) is 6.08 Å². The number of hydrogen-bond acceptors (Lipinski definition) is 0. The van der Waals surface area contributed by atoms with Gasteiger partial charge < -0.3 is 12.9 Å². The van der Waals surface area contributed by atoms with E-state index in [0.717, 1.165) is 6.04 Å². The Morgan fingerprint density at radius 3 is 1.85 bits per heavy atom. The molecule has 0 rings (SSSR count). The first-order chi connectivity index (χ1) is 5.21. The summed E-state index contributed by atoms with van der Waals surface area (Å²) in [7, 11) is -1.20. The Morgan fingerprint density at radius 1 is 1.08 bits per heavy atom. The third-order valence-corrected chi connectivity index (χ3v) is 2.76. The smallest absolute Gasteiger partial charge is 0.449 e. The van der Waals surface area contributed by atoms with Gasteiger partial charge in [0.1, 0.15) is 0 Å². The predicted molar refractivity (Wildman–Crippen MR) is 51.2 cm³/mol. The van der Waals surface area contributed by atoms with E-state index in [1.165, 1.54) is 6.08 Å². The molecule has 0 heterocycles. The van der Waals surface area contributed by atoms with Crippen molar-refractivity contribution in [1.29, 1.82) is 0 Å². The van der Waals surface area contributed by atoms with Gasteiger partial charge in [-0.2, -0.15) is 0 Å². The maximum atomic E-state index is 11.7. The molecule has 0 amide bonds. The molecule has 0 atom stereocenters. The summed E-state index contributed by atoms with van der Waals surface area (Å²) >= 11 is 0. The van der Waals surface area contributed by atoms with Crippen LogP contribution in [0.15, 0.2) is 12.2 Å². The molecule has 0 unspecified atom stereocenters. The fraction of sp³-hybridized carbons (Fsp3) is 0.714. The topological polar surface area (TPSA) is 0 Å². The minimum absolute atomic E-state index is 0. The number of hydrogen-bond donors (Lipinski definition) is 0. The Balaban J connectivity index is 0. The van der Waals surface area contributed by atoms with Crippen LogP contribution in [0.2, 0.25) is 32.0 Å². The molecule has 0 aromatic heterocycles. The van der Waals surface area contributed by atoms with Crippen molar-refractivity contribution in [3.05, 3.63) is 12.2 Å². The molecule has 72 valence electrons. The molecular weight excluding hydrogens is 219 g/mol. The summed E-state index contributed by atoms with van der Waals surface area (Å²) < 4.78 is 35.1. The van der Waals surface area contributed by atoms with E-state index in [1.807, 2.05) is 0 Å². The number of halogens is 3. The molecule has 0 N–H and O–H groups in total. The maximum Gasteiger partial charge on any atom is 1.00 e. The second-order valence-corrected chi connectivity index (χ2v) is 9.71. The zero-order valence-corrected chi connectivity index (χ0v) is 12.9.